The predicted octanol–water partition coefficient (Wildman–Crippen LogP) is 3.58. The number of carbonyl (C=O) groups excluding carboxylic acids is 1. The summed E-state index contributed by atoms with van der Waals surface area (Å²) < 4.78 is 0.840. The van der Waals surface area contributed by atoms with E-state index < -0.39 is 0 Å². The highest BCUT2D eigenvalue weighted by Gasteiger charge is 2.26. The molecule has 1 amide bonds. The maximum absolute atomic E-state index is 11.9. The molecule has 0 spiro atoms. The second-order valence-corrected chi connectivity index (χ2v) is 5.89. The summed E-state index contributed by atoms with van der Waals surface area (Å²) in [5, 5.41) is 20.7. The number of phenols is 1. The Labute approximate surface area is 139 Å². The van der Waals surface area contributed by atoms with Crippen LogP contribution in [0.2, 0.25) is 5.02 Å². The summed E-state index contributed by atoms with van der Waals surface area (Å²) in [7, 11) is 0. The Balaban J connectivity index is 1.93. The fourth-order valence-electron chi connectivity index (χ4n) is 2.00. The maximum atomic E-state index is 11.9. The van der Waals surface area contributed by atoms with E-state index in [1.54, 1.807) is 24.3 Å². The van der Waals surface area contributed by atoms with Crippen LogP contribution in [0.25, 0.3) is 0 Å². The lowest BCUT2D eigenvalue weighted by atomic mass is 10.1. The number of hydrogen-bond acceptors (Lipinski definition) is 4. The van der Waals surface area contributed by atoms with E-state index in [2.05, 4.69) is 31.4 Å². The summed E-state index contributed by atoms with van der Waals surface area (Å²) in [5.41, 5.74) is 2.00. The van der Waals surface area contributed by atoms with Crippen molar-refractivity contribution in [3.8, 4) is 5.75 Å². The van der Waals surface area contributed by atoms with E-state index >= 15 is 0 Å². The van der Waals surface area contributed by atoms with Gasteiger partial charge >= 0.3 is 0 Å². The van der Waals surface area contributed by atoms with Crippen LogP contribution in [-0.4, -0.2) is 22.9 Å². The molecule has 110 valence electrons. The van der Waals surface area contributed by atoms with Gasteiger partial charge in [0.1, 0.15) is 5.75 Å². The van der Waals surface area contributed by atoms with Crippen molar-refractivity contribution in [3.05, 3.63) is 57.0 Å². The fourth-order valence-corrected chi connectivity index (χ4v) is 2.54. The largest absolute Gasteiger partial charge is 0.507 e. The van der Waals surface area contributed by atoms with Crippen LogP contribution in [0.15, 0.2) is 51.1 Å². The molecule has 7 heteroatoms. The fraction of sp³-hybridized carbons (Fsp3) is 0. The molecular weight excluding hydrogens is 370 g/mol. The number of halogens is 2. The van der Waals surface area contributed by atoms with Gasteiger partial charge < -0.3 is 10.4 Å². The van der Waals surface area contributed by atoms with E-state index in [1.165, 1.54) is 12.3 Å². The number of aromatic hydroxyl groups is 1. The number of nitrogens with one attached hydrogen (secondary N) is 1. The van der Waals surface area contributed by atoms with Gasteiger partial charge in [0, 0.05) is 20.6 Å². The number of nitrogens with zero attached hydrogens (tertiary/aromatic N) is 2. The first-order valence-corrected chi connectivity index (χ1v) is 7.42. The van der Waals surface area contributed by atoms with Crippen LogP contribution in [0.1, 0.15) is 11.1 Å². The van der Waals surface area contributed by atoms with Crippen molar-refractivity contribution < 1.29 is 9.90 Å². The number of amides is 1. The second-order valence-electron chi connectivity index (χ2n) is 4.54. The zero-order valence-corrected chi connectivity index (χ0v) is 13.4. The van der Waals surface area contributed by atoms with Gasteiger partial charge in [-0.1, -0.05) is 27.5 Å². The molecule has 1 aliphatic heterocycles. The van der Waals surface area contributed by atoms with E-state index in [-0.39, 0.29) is 17.4 Å². The average Bonchev–Trinajstić information content (AvgIpc) is 2.78. The second kappa shape index (κ2) is 5.90. The third-order valence-corrected chi connectivity index (χ3v) is 3.77. The van der Waals surface area contributed by atoms with Crippen molar-refractivity contribution in [2.24, 2.45) is 10.2 Å². The van der Waals surface area contributed by atoms with Gasteiger partial charge in [0.15, 0.2) is 5.71 Å². The Morgan fingerprint density at radius 3 is 2.86 bits per heavy atom. The molecule has 0 saturated carbocycles. The molecule has 5 nitrogen and oxygen atoms in total. The molecule has 2 N–H and O–H groups in total. The Hall–Kier alpha value is -2.18. The quantitative estimate of drug-likeness (QED) is 0.619. The van der Waals surface area contributed by atoms with Crippen molar-refractivity contribution in [1.82, 2.24) is 0 Å². The molecule has 0 saturated heterocycles. The summed E-state index contributed by atoms with van der Waals surface area (Å²) in [6.45, 7) is 0. The molecule has 2 aromatic rings. The van der Waals surface area contributed by atoms with Crippen LogP contribution in [0.3, 0.4) is 0 Å². The monoisotopic (exact) mass is 377 g/mol. The molecule has 1 heterocycles. The molecule has 3 rings (SSSR count). The lowest BCUT2D eigenvalue weighted by molar-refractivity contribution is -0.110. The highest BCUT2D eigenvalue weighted by Crippen LogP contribution is 2.27. The zero-order valence-electron chi connectivity index (χ0n) is 11.0. The number of benzene rings is 2. The van der Waals surface area contributed by atoms with Crippen LogP contribution in [-0.2, 0) is 4.79 Å². The smallest absolute Gasteiger partial charge is 0.276 e. The first-order valence-electron chi connectivity index (χ1n) is 6.25. The van der Waals surface area contributed by atoms with Crippen LogP contribution < -0.4 is 5.32 Å². The average molecular weight is 379 g/mol. The van der Waals surface area contributed by atoms with E-state index in [9.17, 15) is 9.90 Å². The molecule has 0 bridgehead atoms. The van der Waals surface area contributed by atoms with E-state index in [0.29, 0.717) is 21.8 Å². The minimum Gasteiger partial charge on any atom is -0.507 e. The standard InChI is InChI=1S/C15H9BrClN3O2/c16-9-1-3-12-11(6-9)14(15(22)19-12)20-18-7-8-5-10(17)2-4-13(8)21/h1-7,21H,(H,19,20,22)/b18-7-. The molecule has 22 heavy (non-hydrogen) atoms. The highest BCUT2D eigenvalue weighted by atomic mass is 79.9. The Morgan fingerprint density at radius 1 is 1.23 bits per heavy atom. The summed E-state index contributed by atoms with van der Waals surface area (Å²) in [5.74, 6) is -0.284. The van der Waals surface area contributed by atoms with Gasteiger partial charge in [0.2, 0.25) is 0 Å². The first kappa shape index (κ1) is 14.7. The molecule has 0 aliphatic carbocycles. The number of rotatable bonds is 2. The Bertz CT molecular complexity index is 834. The minimum atomic E-state index is -0.319. The summed E-state index contributed by atoms with van der Waals surface area (Å²) in [6.07, 6.45) is 1.34. The molecule has 0 fully saturated rings. The van der Waals surface area contributed by atoms with Gasteiger partial charge in [-0.2, -0.15) is 5.10 Å². The lowest BCUT2D eigenvalue weighted by Crippen LogP contribution is -2.13. The van der Waals surface area contributed by atoms with Crippen molar-refractivity contribution in [3.63, 3.8) is 0 Å². The van der Waals surface area contributed by atoms with Crippen molar-refractivity contribution in [1.29, 1.82) is 0 Å². The molecule has 0 aromatic heterocycles. The Kier molecular flexibility index (Phi) is 3.96. The van der Waals surface area contributed by atoms with E-state index in [1.807, 2.05) is 6.07 Å². The SMILES string of the molecule is O=C1Nc2ccc(Br)cc2/C1=N/N=C\c1cc(Cl)ccc1O. The van der Waals surface area contributed by atoms with Crippen LogP contribution in [0, 0.1) is 0 Å². The molecule has 1 aliphatic rings. The van der Waals surface area contributed by atoms with Crippen molar-refractivity contribution >= 4 is 51.1 Å². The van der Waals surface area contributed by atoms with E-state index in [0.717, 1.165) is 4.47 Å². The molecular formula is C15H9BrClN3O2. The van der Waals surface area contributed by atoms with Crippen LogP contribution >= 0.6 is 27.5 Å². The number of phenolic OH excluding ortho intramolecular Hbond substituents is 1. The molecule has 0 unspecified atom stereocenters. The normalized spacial score (nSPS) is 15.4. The Morgan fingerprint density at radius 2 is 2.05 bits per heavy atom. The maximum Gasteiger partial charge on any atom is 0.276 e. The topological polar surface area (TPSA) is 74.0 Å². The third-order valence-electron chi connectivity index (χ3n) is 3.04. The van der Waals surface area contributed by atoms with Gasteiger partial charge in [0.25, 0.3) is 5.91 Å². The number of fused-ring (bicyclic) bond motifs is 1. The summed E-state index contributed by atoms with van der Waals surface area (Å²) in [6, 6.07) is 9.99. The van der Waals surface area contributed by atoms with Crippen LogP contribution in [0.5, 0.6) is 5.75 Å². The predicted molar refractivity (Wildman–Crippen MR) is 90.0 cm³/mol. The number of hydrogen-bond donors (Lipinski definition) is 2. The first-order chi connectivity index (χ1) is 10.5. The van der Waals surface area contributed by atoms with Gasteiger partial charge in [-0.3, -0.25) is 4.79 Å². The summed E-state index contributed by atoms with van der Waals surface area (Å²) in [4.78, 5) is 11.9. The van der Waals surface area contributed by atoms with Crippen molar-refractivity contribution in [2.75, 3.05) is 5.32 Å². The van der Waals surface area contributed by atoms with Gasteiger partial charge in [-0.15, -0.1) is 5.10 Å². The molecule has 0 radical (unpaired) electrons. The minimum absolute atomic E-state index is 0.0346. The van der Waals surface area contributed by atoms with E-state index in [4.69, 9.17) is 11.6 Å². The number of carbonyl (C=O) groups is 1. The van der Waals surface area contributed by atoms with Gasteiger partial charge in [-0.05, 0) is 36.4 Å². The highest BCUT2D eigenvalue weighted by molar-refractivity contribution is 9.10. The van der Waals surface area contributed by atoms with Gasteiger partial charge in [-0.25, -0.2) is 0 Å². The lowest BCUT2D eigenvalue weighted by Gasteiger charge is -1.98. The molecule has 2 aromatic carbocycles. The van der Waals surface area contributed by atoms with Gasteiger partial charge in [0.05, 0.1) is 11.9 Å². The van der Waals surface area contributed by atoms with Crippen molar-refractivity contribution in [2.45, 2.75) is 0 Å². The third kappa shape index (κ3) is 2.88. The summed E-state index contributed by atoms with van der Waals surface area (Å²) >= 11 is 9.21. The zero-order chi connectivity index (χ0) is 15.7. The van der Waals surface area contributed by atoms with Crippen LogP contribution in [0.4, 0.5) is 5.69 Å². The number of anilines is 1. The molecule has 0 atom stereocenters.